The Morgan fingerprint density at radius 1 is 1.07 bits per heavy atom. The van der Waals surface area contributed by atoms with Crippen LogP contribution in [0, 0.1) is 11.8 Å². The zero-order valence-corrected chi connectivity index (χ0v) is 23.6. The molecule has 5 atom stereocenters. The molecule has 3 amide bonds. The minimum Gasteiger partial charge on any atom is -0.494 e. The molecule has 2 aromatic rings. The van der Waals surface area contributed by atoms with Crippen LogP contribution in [0.25, 0.3) is 0 Å². The second-order valence-corrected chi connectivity index (χ2v) is 11.1. The number of anilines is 2. The van der Waals surface area contributed by atoms with E-state index in [9.17, 15) is 19.5 Å². The van der Waals surface area contributed by atoms with E-state index in [1.165, 1.54) is 0 Å². The van der Waals surface area contributed by atoms with Crippen molar-refractivity contribution in [3.63, 3.8) is 0 Å². The molecule has 214 valence electrons. The van der Waals surface area contributed by atoms with Gasteiger partial charge < -0.3 is 30.1 Å². The number of rotatable bonds is 11. The largest absolute Gasteiger partial charge is 0.494 e. The maximum absolute atomic E-state index is 14.1. The van der Waals surface area contributed by atoms with Gasteiger partial charge in [-0.1, -0.05) is 30.7 Å². The first-order valence-corrected chi connectivity index (χ1v) is 14.4. The molecular formula is C30H36ClN3O6. The second-order valence-electron chi connectivity index (χ2n) is 10.7. The number of aliphatic hydroxyl groups excluding tert-OH is 1. The van der Waals surface area contributed by atoms with Crippen molar-refractivity contribution in [3.8, 4) is 5.75 Å². The Labute approximate surface area is 239 Å². The Balaban J connectivity index is 1.48. The van der Waals surface area contributed by atoms with Crippen molar-refractivity contribution in [2.24, 2.45) is 11.8 Å². The smallest absolute Gasteiger partial charge is 0.250 e. The van der Waals surface area contributed by atoms with Gasteiger partial charge >= 0.3 is 0 Å². The van der Waals surface area contributed by atoms with Crippen molar-refractivity contribution in [2.45, 2.75) is 63.2 Å². The van der Waals surface area contributed by atoms with E-state index in [4.69, 9.17) is 21.1 Å². The molecule has 2 unspecified atom stereocenters. The maximum Gasteiger partial charge on any atom is 0.250 e. The number of carbonyl (C=O) groups is 3. The molecule has 0 aliphatic carbocycles. The number of amides is 3. The lowest BCUT2D eigenvalue weighted by Crippen LogP contribution is -2.53. The molecule has 40 heavy (non-hydrogen) atoms. The molecule has 10 heteroatoms. The first kappa shape index (κ1) is 28.4. The van der Waals surface area contributed by atoms with Gasteiger partial charge in [0, 0.05) is 18.8 Å². The number of benzene rings is 2. The predicted molar refractivity (Wildman–Crippen MR) is 151 cm³/mol. The summed E-state index contributed by atoms with van der Waals surface area (Å²) < 4.78 is 12.3. The monoisotopic (exact) mass is 569 g/mol. The Morgan fingerprint density at radius 2 is 1.82 bits per heavy atom. The number of halogens is 1. The fourth-order valence-corrected chi connectivity index (χ4v) is 7.02. The summed E-state index contributed by atoms with van der Waals surface area (Å²) in [5, 5.41) is 15.6. The van der Waals surface area contributed by atoms with E-state index in [0.29, 0.717) is 60.9 Å². The SMILES string of the molecule is CCOc1ccc(NC(=O)[C@@H]2[C@H]3C(=O)N(CCCCO)C(C(=O)Nc4ccccc4Cl)C34CC[C@@]2(CC)O4)cc1. The summed E-state index contributed by atoms with van der Waals surface area (Å²) in [7, 11) is 0. The van der Waals surface area contributed by atoms with Gasteiger partial charge in [-0.3, -0.25) is 14.4 Å². The molecule has 2 aromatic carbocycles. The summed E-state index contributed by atoms with van der Waals surface area (Å²) >= 11 is 6.33. The van der Waals surface area contributed by atoms with Crippen molar-refractivity contribution in [2.75, 3.05) is 30.4 Å². The van der Waals surface area contributed by atoms with E-state index in [2.05, 4.69) is 10.6 Å². The van der Waals surface area contributed by atoms with Crippen molar-refractivity contribution in [3.05, 3.63) is 53.6 Å². The average molecular weight is 570 g/mol. The third kappa shape index (κ3) is 4.74. The molecule has 3 saturated heterocycles. The zero-order chi connectivity index (χ0) is 28.5. The fraction of sp³-hybridized carbons (Fsp3) is 0.500. The van der Waals surface area contributed by atoms with Gasteiger partial charge in [0.2, 0.25) is 17.7 Å². The Bertz CT molecular complexity index is 1270. The molecule has 9 nitrogen and oxygen atoms in total. The van der Waals surface area contributed by atoms with Gasteiger partial charge in [0.1, 0.15) is 17.4 Å². The van der Waals surface area contributed by atoms with Crippen molar-refractivity contribution in [1.82, 2.24) is 4.90 Å². The third-order valence-corrected chi connectivity index (χ3v) is 8.91. The number of para-hydroxylation sites is 1. The molecule has 3 aliphatic rings. The minimum atomic E-state index is -1.14. The molecule has 3 N–H and O–H groups in total. The summed E-state index contributed by atoms with van der Waals surface area (Å²) in [6.07, 6.45) is 2.59. The molecule has 0 aromatic heterocycles. The molecule has 3 heterocycles. The summed E-state index contributed by atoms with van der Waals surface area (Å²) in [6, 6.07) is 13.1. The van der Waals surface area contributed by atoms with Crippen LogP contribution >= 0.6 is 11.6 Å². The van der Waals surface area contributed by atoms with Crippen molar-refractivity contribution in [1.29, 1.82) is 0 Å². The number of ether oxygens (including phenoxy) is 2. The normalized spacial score (nSPS) is 28.4. The summed E-state index contributed by atoms with van der Waals surface area (Å²) in [5.41, 5.74) is -0.956. The van der Waals surface area contributed by atoms with E-state index in [0.717, 1.165) is 0 Å². The quantitative estimate of drug-likeness (QED) is 0.348. The van der Waals surface area contributed by atoms with Gasteiger partial charge in [-0.2, -0.15) is 0 Å². The summed E-state index contributed by atoms with van der Waals surface area (Å²) in [6.45, 7) is 4.65. The number of likely N-dealkylation sites (tertiary alicyclic amines) is 1. The Hall–Kier alpha value is -3.14. The van der Waals surface area contributed by atoms with Crippen LogP contribution in [-0.2, 0) is 19.1 Å². The number of carbonyl (C=O) groups excluding carboxylic acids is 3. The minimum absolute atomic E-state index is 0.0182. The van der Waals surface area contributed by atoms with Crippen molar-refractivity contribution >= 4 is 40.7 Å². The average Bonchev–Trinajstić information content (AvgIpc) is 3.55. The highest BCUT2D eigenvalue weighted by Gasteiger charge is 2.78. The number of fused-ring (bicyclic) bond motifs is 1. The standard InChI is InChI=1S/C30H36ClN3O6/c1-3-29-15-16-30(40-29)24(23(29)26(36)32-19-11-13-20(14-12-19)39-4-2)28(38)34(17-7-8-18-35)25(30)27(37)33-22-10-6-5-9-21(22)31/h5-6,9-14,23-25,35H,3-4,7-8,15-18H2,1-2H3,(H,32,36)(H,33,37)/t23-,24-,25?,29+,30?/m0/s1. The van der Waals surface area contributed by atoms with E-state index in [-0.39, 0.29) is 25.0 Å². The van der Waals surface area contributed by atoms with Crippen LogP contribution in [0.2, 0.25) is 5.02 Å². The molecule has 2 bridgehead atoms. The van der Waals surface area contributed by atoms with Crippen LogP contribution < -0.4 is 15.4 Å². The van der Waals surface area contributed by atoms with Gasteiger partial charge in [0.15, 0.2) is 0 Å². The molecule has 3 fully saturated rings. The van der Waals surface area contributed by atoms with Gasteiger partial charge in [-0.25, -0.2) is 0 Å². The maximum atomic E-state index is 14.1. The van der Waals surface area contributed by atoms with E-state index in [1.54, 1.807) is 53.4 Å². The highest BCUT2D eigenvalue weighted by molar-refractivity contribution is 6.33. The molecule has 3 aliphatic heterocycles. The van der Waals surface area contributed by atoms with E-state index in [1.807, 2.05) is 13.8 Å². The van der Waals surface area contributed by atoms with Crippen LogP contribution in [0.15, 0.2) is 48.5 Å². The predicted octanol–water partition coefficient (Wildman–Crippen LogP) is 4.24. The highest BCUT2D eigenvalue weighted by atomic mass is 35.5. The number of hydrogen-bond donors (Lipinski definition) is 3. The molecule has 0 radical (unpaired) electrons. The number of nitrogens with zero attached hydrogens (tertiary/aromatic N) is 1. The van der Waals surface area contributed by atoms with Gasteiger partial charge in [-0.05, 0) is 75.4 Å². The lowest BCUT2D eigenvalue weighted by molar-refractivity contribution is -0.144. The van der Waals surface area contributed by atoms with E-state index >= 15 is 0 Å². The molecule has 0 saturated carbocycles. The third-order valence-electron chi connectivity index (χ3n) is 8.58. The summed E-state index contributed by atoms with van der Waals surface area (Å²) in [5.74, 6) is -1.83. The van der Waals surface area contributed by atoms with Gasteiger partial charge in [0.05, 0.1) is 34.8 Å². The van der Waals surface area contributed by atoms with Crippen LogP contribution in [0.3, 0.4) is 0 Å². The number of unbranched alkanes of at least 4 members (excludes halogenated alkanes) is 1. The lowest BCUT2D eigenvalue weighted by atomic mass is 9.65. The van der Waals surface area contributed by atoms with Gasteiger partial charge in [-0.15, -0.1) is 0 Å². The fourth-order valence-electron chi connectivity index (χ4n) is 6.84. The topological polar surface area (TPSA) is 117 Å². The van der Waals surface area contributed by atoms with Crippen molar-refractivity contribution < 1.29 is 29.0 Å². The first-order valence-electron chi connectivity index (χ1n) is 14.0. The Morgan fingerprint density at radius 3 is 2.50 bits per heavy atom. The van der Waals surface area contributed by atoms with Gasteiger partial charge in [0.25, 0.3) is 0 Å². The number of hydrogen-bond acceptors (Lipinski definition) is 6. The zero-order valence-electron chi connectivity index (χ0n) is 22.8. The van der Waals surface area contributed by atoms with E-state index < -0.39 is 35.0 Å². The lowest BCUT2D eigenvalue weighted by Gasteiger charge is -2.34. The van der Waals surface area contributed by atoms with Crippen LogP contribution in [-0.4, -0.2) is 64.7 Å². The molecule has 5 rings (SSSR count). The first-order chi connectivity index (χ1) is 19.3. The molecule has 1 spiro atoms. The van der Waals surface area contributed by atoms with Crippen LogP contribution in [0.5, 0.6) is 5.75 Å². The number of nitrogens with one attached hydrogen (secondary N) is 2. The number of aliphatic hydroxyl groups is 1. The van der Waals surface area contributed by atoms with Crippen LogP contribution in [0.4, 0.5) is 11.4 Å². The Kier molecular flexibility index (Phi) is 8.08. The summed E-state index contributed by atoms with van der Waals surface area (Å²) in [4.78, 5) is 43.5. The van der Waals surface area contributed by atoms with Crippen LogP contribution in [0.1, 0.15) is 46.0 Å². The highest BCUT2D eigenvalue weighted by Crippen LogP contribution is 2.64. The second kappa shape index (κ2) is 11.4. The molecular weight excluding hydrogens is 534 g/mol.